The van der Waals surface area contributed by atoms with Gasteiger partial charge in [0.05, 0.1) is 6.42 Å². The molecule has 0 fully saturated rings. The maximum absolute atomic E-state index is 11.7. The lowest BCUT2D eigenvalue weighted by Crippen LogP contribution is -2.08. The molecule has 0 radical (unpaired) electrons. The van der Waals surface area contributed by atoms with Crippen molar-refractivity contribution in [3.63, 3.8) is 0 Å². The van der Waals surface area contributed by atoms with E-state index in [0.717, 1.165) is 4.47 Å². The quantitative estimate of drug-likeness (QED) is 0.672. The highest BCUT2D eigenvalue weighted by atomic mass is 79.9. The fourth-order valence-corrected chi connectivity index (χ4v) is 1.88. The Morgan fingerprint density at radius 2 is 2.06 bits per heavy atom. The minimum atomic E-state index is -0.956. The standard InChI is InChI=1S/C11H10BrClO3/c12-8-2-1-7(5-11(15)16)9(6-8)10(14)3-4-13/h1-2,6H,3-5H2,(H,15,16). The van der Waals surface area contributed by atoms with Crippen LogP contribution in [0, 0.1) is 0 Å². The highest BCUT2D eigenvalue weighted by molar-refractivity contribution is 9.10. The lowest BCUT2D eigenvalue weighted by molar-refractivity contribution is -0.136. The van der Waals surface area contributed by atoms with Gasteiger partial charge in [0.25, 0.3) is 0 Å². The number of Topliss-reactive ketones (excluding diaryl/α,β-unsaturated/α-hetero) is 1. The van der Waals surface area contributed by atoms with E-state index in [2.05, 4.69) is 15.9 Å². The van der Waals surface area contributed by atoms with Crippen LogP contribution in [-0.4, -0.2) is 22.7 Å². The van der Waals surface area contributed by atoms with Gasteiger partial charge in [0, 0.05) is 22.3 Å². The zero-order valence-electron chi connectivity index (χ0n) is 8.37. The average Bonchev–Trinajstić information content (AvgIpc) is 2.20. The van der Waals surface area contributed by atoms with Crippen molar-refractivity contribution in [2.75, 3.05) is 5.88 Å². The predicted molar refractivity (Wildman–Crippen MR) is 65.1 cm³/mol. The number of rotatable bonds is 5. The first-order valence-corrected chi connectivity index (χ1v) is 5.96. The molecule has 0 bridgehead atoms. The number of ketones is 1. The second-order valence-corrected chi connectivity index (χ2v) is 4.53. The molecule has 1 rings (SSSR count). The molecule has 0 amide bonds. The molecule has 86 valence electrons. The molecule has 3 nitrogen and oxygen atoms in total. The molecular formula is C11H10BrClO3. The van der Waals surface area contributed by atoms with Crippen molar-refractivity contribution >= 4 is 39.3 Å². The van der Waals surface area contributed by atoms with Crippen LogP contribution in [0.25, 0.3) is 0 Å². The molecule has 0 spiro atoms. The summed E-state index contributed by atoms with van der Waals surface area (Å²) >= 11 is 8.74. The van der Waals surface area contributed by atoms with Crippen molar-refractivity contribution in [1.29, 1.82) is 0 Å². The van der Waals surface area contributed by atoms with Gasteiger partial charge in [0.1, 0.15) is 0 Å². The third kappa shape index (κ3) is 3.61. The number of alkyl halides is 1. The molecule has 0 saturated heterocycles. The van der Waals surface area contributed by atoms with Gasteiger partial charge in [-0.15, -0.1) is 11.6 Å². The van der Waals surface area contributed by atoms with Crippen molar-refractivity contribution in [3.8, 4) is 0 Å². The molecule has 1 N–H and O–H groups in total. The second kappa shape index (κ2) is 6.01. The number of carboxylic acids is 1. The summed E-state index contributed by atoms with van der Waals surface area (Å²) in [6.07, 6.45) is 0.0568. The smallest absolute Gasteiger partial charge is 0.307 e. The number of carbonyl (C=O) groups excluding carboxylic acids is 1. The fraction of sp³-hybridized carbons (Fsp3) is 0.273. The van der Waals surface area contributed by atoms with E-state index in [9.17, 15) is 9.59 Å². The minimum absolute atomic E-state index is 0.132. The van der Waals surface area contributed by atoms with E-state index in [1.807, 2.05) is 0 Å². The average molecular weight is 306 g/mol. The van der Waals surface area contributed by atoms with Gasteiger partial charge in [-0.3, -0.25) is 9.59 Å². The van der Waals surface area contributed by atoms with Crippen LogP contribution in [0.4, 0.5) is 0 Å². The molecule has 0 atom stereocenters. The number of halogens is 2. The fourth-order valence-electron chi connectivity index (χ4n) is 1.35. The summed E-state index contributed by atoms with van der Waals surface area (Å²) < 4.78 is 0.750. The first-order valence-electron chi connectivity index (χ1n) is 4.64. The van der Waals surface area contributed by atoms with Crippen molar-refractivity contribution in [2.24, 2.45) is 0 Å². The Morgan fingerprint density at radius 1 is 1.38 bits per heavy atom. The van der Waals surface area contributed by atoms with Crippen molar-refractivity contribution < 1.29 is 14.7 Å². The second-order valence-electron chi connectivity index (χ2n) is 3.23. The van der Waals surface area contributed by atoms with Crippen LogP contribution in [-0.2, 0) is 11.2 Å². The van der Waals surface area contributed by atoms with Gasteiger partial charge in [0.2, 0.25) is 0 Å². The summed E-state index contributed by atoms with van der Waals surface area (Å²) in [5.41, 5.74) is 0.947. The Bertz CT molecular complexity index is 418. The number of carbonyl (C=O) groups is 2. The van der Waals surface area contributed by atoms with E-state index in [-0.39, 0.29) is 24.5 Å². The molecule has 5 heteroatoms. The van der Waals surface area contributed by atoms with Gasteiger partial charge in [-0.1, -0.05) is 22.0 Å². The maximum atomic E-state index is 11.7. The normalized spacial score (nSPS) is 10.1. The summed E-state index contributed by atoms with van der Waals surface area (Å²) in [6, 6.07) is 4.99. The predicted octanol–water partition coefficient (Wildman–Crippen LogP) is 2.89. The Morgan fingerprint density at radius 3 is 2.62 bits per heavy atom. The van der Waals surface area contributed by atoms with Gasteiger partial charge in [-0.2, -0.15) is 0 Å². The largest absolute Gasteiger partial charge is 0.481 e. The van der Waals surface area contributed by atoms with E-state index in [4.69, 9.17) is 16.7 Å². The molecule has 1 aromatic rings. The molecule has 0 unspecified atom stereocenters. The molecule has 0 aliphatic heterocycles. The molecule has 0 heterocycles. The first kappa shape index (κ1) is 13.2. The summed E-state index contributed by atoms with van der Waals surface area (Å²) in [7, 11) is 0. The third-order valence-electron chi connectivity index (χ3n) is 2.04. The Labute approximate surface area is 107 Å². The highest BCUT2D eigenvalue weighted by Gasteiger charge is 2.13. The van der Waals surface area contributed by atoms with Crippen LogP contribution < -0.4 is 0 Å². The number of aliphatic carboxylic acids is 1. The Hall–Kier alpha value is -0.870. The number of benzene rings is 1. The topological polar surface area (TPSA) is 54.4 Å². The van der Waals surface area contributed by atoms with Crippen LogP contribution in [0.5, 0.6) is 0 Å². The first-order chi connectivity index (χ1) is 7.54. The number of hydrogen-bond acceptors (Lipinski definition) is 2. The minimum Gasteiger partial charge on any atom is -0.481 e. The van der Waals surface area contributed by atoms with Crippen molar-refractivity contribution in [1.82, 2.24) is 0 Å². The number of carboxylic acid groups (broad SMARTS) is 1. The van der Waals surface area contributed by atoms with E-state index in [1.165, 1.54) is 0 Å². The van der Waals surface area contributed by atoms with Gasteiger partial charge in [0.15, 0.2) is 5.78 Å². The molecule has 1 aromatic carbocycles. The summed E-state index contributed by atoms with van der Waals surface area (Å²) in [5.74, 6) is -0.854. The van der Waals surface area contributed by atoms with E-state index in [0.29, 0.717) is 11.1 Å². The van der Waals surface area contributed by atoms with E-state index >= 15 is 0 Å². The van der Waals surface area contributed by atoms with Crippen molar-refractivity contribution in [3.05, 3.63) is 33.8 Å². The molecule has 0 aliphatic rings. The Balaban J connectivity index is 3.07. The highest BCUT2D eigenvalue weighted by Crippen LogP contribution is 2.19. The van der Waals surface area contributed by atoms with Crippen LogP contribution in [0.15, 0.2) is 22.7 Å². The summed E-state index contributed by atoms with van der Waals surface area (Å²) in [6.45, 7) is 0. The number of hydrogen-bond donors (Lipinski definition) is 1. The van der Waals surface area contributed by atoms with E-state index < -0.39 is 5.97 Å². The van der Waals surface area contributed by atoms with Gasteiger partial charge in [-0.05, 0) is 17.7 Å². The third-order valence-corrected chi connectivity index (χ3v) is 2.72. The van der Waals surface area contributed by atoms with Crippen LogP contribution in [0.2, 0.25) is 0 Å². The molecule has 0 aliphatic carbocycles. The molecule has 0 saturated carbocycles. The summed E-state index contributed by atoms with van der Waals surface area (Å²) in [5, 5.41) is 8.72. The molecular weight excluding hydrogens is 295 g/mol. The van der Waals surface area contributed by atoms with Crippen molar-refractivity contribution in [2.45, 2.75) is 12.8 Å². The molecule has 16 heavy (non-hydrogen) atoms. The maximum Gasteiger partial charge on any atom is 0.307 e. The Kier molecular flexibility index (Phi) is 4.96. The van der Waals surface area contributed by atoms with Gasteiger partial charge < -0.3 is 5.11 Å². The SMILES string of the molecule is O=C(O)Cc1ccc(Br)cc1C(=O)CCCl. The van der Waals surface area contributed by atoms with Crippen LogP contribution in [0.3, 0.4) is 0 Å². The van der Waals surface area contributed by atoms with E-state index in [1.54, 1.807) is 18.2 Å². The summed E-state index contributed by atoms with van der Waals surface area (Å²) in [4.78, 5) is 22.3. The van der Waals surface area contributed by atoms with Gasteiger partial charge >= 0.3 is 5.97 Å². The monoisotopic (exact) mass is 304 g/mol. The van der Waals surface area contributed by atoms with Gasteiger partial charge in [-0.25, -0.2) is 0 Å². The van der Waals surface area contributed by atoms with Crippen LogP contribution in [0.1, 0.15) is 22.3 Å². The zero-order chi connectivity index (χ0) is 12.1. The lowest BCUT2D eigenvalue weighted by atomic mass is 10.00. The molecule has 0 aromatic heterocycles. The zero-order valence-corrected chi connectivity index (χ0v) is 10.7. The van der Waals surface area contributed by atoms with Crippen LogP contribution >= 0.6 is 27.5 Å². The lowest BCUT2D eigenvalue weighted by Gasteiger charge is -2.06.